The summed E-state index contributed by atoms with van der Waals surface area (Å²) in [7, 11) is -1.56. The zero-order valence-corrected chi connectivity index (χ0v) is 13.2. The lowest BCUT2D eigenvalue weighted by Gasteiger charge is -2.26. The van der Waals surface area contributed by atoms with Crippen LogP contribution in [-0.2, 0) is 14.8 Å². The second-order valence-electron chi connectivity index (χ2n) is 5.26. The summed E-state index contributed by atoms with van der Waals surface area (Å²) in [6, 6.07) is 0.607. The van der Waals surface area contributed by atoms with Gasteiger partial charge in [0.15, 0.2) is 0 Å². The average molecular weight is 292 g/mol. The fourth-order valence-corrected chi connectivity index (χ4v) is 4.03. The van der Waals surface area contributed by atoms with Crippen molar-refractivity contribution in [3.05, 3.63) is 0 Å². The Morgan fingerprint density at radius 2 is 2.05 bits per heavy atom. The smallest absolute Gasteiger partial charge is 0.214 e. The first-order chi connectivity index (χ1) is 9.01. The summed E-state index contributed by atoms with van der Waals surface area (Å²) >= 11 is 0. The Morgan fingerprint density at radius 3 is 2.58 bits per heavy atom. The number of sulfonamides is 1. The molecule has 1 saturated carbocycles. The summed E-state index contributed by atoms with van der Waals surface area (Å²) in [6.45, 7) is 5.64. The van der Waals surface area contributed by atoms with Gasteiger partial charge in [0.05, 0.1) is 12.4 Å². The van der Waals surface area contributed by atoms with Crippen molar-refractivity contribution < 1.29 is 13.2 Å². The quantitative estimate of drug-likeness (QED) is 0.582. The molecular formula is C13H28N2O3S. The van der Waals surface area contributed by atoms with Gasteiger partial charge in [-0.05, 0) is 39.2 Å². The number of nitrogens with zero attached hydrogens (tertiary/aromatic N) is 1. The Labute approximate surface area is 117 Å². The van der Waals surface area contributed by atoms with E-state index in [9.17, 15) is 8.42 Å². The van der Waals surface area contributed by atoms with Crippen LogP contribution in [0.5, 0.6) is 0 Å². The second kappa shape index (κ2) is 8.19. The number of likely N-dealkylation sites (N-methyl/N-ethyl adjacent to an activating group) is 1. The lowest BCUT2D eigenvalue weighted by atomic mass is 10.3. The molecule has 1 rings (SSSR count). The lowest BCUT2D eigenvalue weighted by molar-refractivity contribution is 0.142. The summed E-state index contributed by atoms with van der Waals surface area (Å²) in [5.41, 5.74) is 0. The van der Waals surface area contributed by atoms with Gasteiger partial charge in [-0.1, -0.05) is 6.92 Å². The predicted molar refractivity (Wildman–Crippen MR) is 77.8 cm³/mol. The highest BCUT2D eigenvalue weighted by atomic mass is 32.2. The third-order valence-electron chi connectivity index (χ3n) is 3.41. The van der Waals surface area contributed by atoms with Gasteiger partial charge in [-0.25, -0.2) is 8.42 Å². The minimum atomic E-state index is -3.15. The van der Waals surface area contributed by atoms with Gasteiger partial charge in [-0.2, -0.15) is 4.31 Å². The number of methoxy groups -OCH3 is 1. The highest BCUT2D eigenvalue weighted by Crippen LogP contribution is 2.18. The molecule has 19 heavy (non-hydrogen) atoms. The largest absolute Gasteiger partial charge is 0.383 e. The second-order valence-corrected chi connectivity index (χ2v) is 7.30. The Morgan fingerprint density at radius 1 is 1.37 bits per heavy atom. The number of hydrogen-bond donors (Lipinski definition) is 1. The predicted octanol–water partition coefficient (Wildman–Crippen LogP) is 1.21. The number of ether oxygens (including phenoxy) is 1. The molecule has 0 bridgehead atoms. The molecule has 0 heterocycles. The monoisotopic (exact) mass is 292 g/mol. The standard InChI is InChI=1S/C13H28N2O3S/c1-4-15(12(2)11-18-3)19(16,17)10-6-5-9-14-13-7-8-13/h12-14H,4-11H2,1-3H3. The zero-order valence-electron chi connectivity index (χ0n) is 12.4. The third kappa shape index (κ3) is 6.21. The molecule has 0 saturated heterocycles. The molecule has 0 aromatic rings. The SMILES string of the molecule is CCN(C(C)COC)S(=O)(=O)CCCCNC1CC1. The molecule has 5 nitrogen and oxygen atoms in total. The van der Waals surface area contributed by atoms with E-state index < -0.39 is 10.0 Å². The van der Waals surface area contributed by atoms with Crippen molar-refractivity contribution in [2.75, 3.05) is 32.6 Å². The highest BCUT2D eigenvalue weighted by molar-refractivity contribution is 7.89. The van der Waals surface area contributed by atoms with Gasteiger partial charge in [-0.15, -0.1) is 0 Å². The number of nitrogens with one attached hydrogen (secondary N) is 1. The molecule has 0 aromatic heterocycles. The van der Waals surface area contributed by atoms with Crippen molar-refractivity contribution in [2.24, 2.45) is 0 Å². The first-order valence-corrected chi connectivity index (χ1v) is 8.84. The van der Waals surface area contributed by atoms with Gasteiger partial charge < -0.3 is 10.1 Å². The molecule has 1 atom stereocenters. The van der Waals surface area contributed by atoms with Crippen LogP contribution in [0.25, 0.3) is 0 Å². The topological polar surface area (TPSA) is 58.6 Å². The lowest BCUT2D eigenvalue weighted by Crippen LogP contribution is -2.42. The molecule has 114 valence electrons. The van der Waals surface area contributed by atoms with Gasteiger partial charge in [0.1, 0.15) is 0 Å². The molecule has 0 aromatic carbocycles. The van der Waals surface area contributed by atoms with Crippen molar-refractivity contribution in [3.8, 4) is 0 Å². The van der Waals surface area contributed by atoms with Crippen LogP contribution in [0.2, 0.25) is 0 Å². The van der Waals surface area contributed by atoms with Crippen LogP contribution in [0.1, 0.15) is 39.5 Å². The Balaban J connectivity index is 2.29. The van der Waals surface area contributed by atoms with Crippen LogP contribution in [0.4, 0.5) is 0 Å². The first kappa shape index (κ1) is 16.9. The molecule has 0 aliphatic heterocycles. The van der Waals surface area contributed by atoms with Gasteiger partial charge in [0.25, 0.3) is 0 Å². The fourth-order valence-electron chi connectivity index (χ4n) is 2.23. The van der Waals surface area contributed by atoms with Crippen molar-refractivity contribution in [1.29, 1.82) is 0 Å². The molecule has 1 unspecified atom stereocenters. The van der Waals surface area contributed by atoms with E-state index in [2.05, 4.69) is 5.32 Å². The highest BCUT2D eigenvalue weighted by Gasteiger charge is 2.25. The van der Waals surface area contributed by atoms with E-state index in [0.717, 1.165) is 19.4 Å². The molecule has 1 aliphatic rings. The van der Waals surface area contributed by atoms with E-state index in [-0.39, 0.29) is 11.8 Å². The minimum Gasteiger partial charge on any atom is -0.383 e. The summed E-state index contributed by atoms with van der Waals surface area (Å²) in [5, 5.41) is 3.40. The number of unbranched alkanes of at least 4 members (excludes halogenated alkanes) is 1. The Bertz CT molecular complexity index is 342. The summed E-state index contributed by atoms with van der Waals surface area (Å²) in [5.74, 6) is 0.237. The normalized spacial score (nSPS) is 17.9. The van der Waals surface area contributed by atoms with Crippen LogP contribution in [-0.4, -0.2) is 57.4 Å². The van der Waals surface area contributed by atoms with Gasteiger partial charge >= 0.3 is 0 Å². The van der Waals surface area contributed by atoms with Crippen molar-refractivity contribution >= 4 is 10.0 Å². The zero-order chi connectivity index (χ0) is 14.3. The Hall–Kier alpha value is -0.170. The average Bonchev–Trinajstić information content (AvgIpc) is 3.13. The molecule has 1 N–H and O–H groups in total. The van der Waals surface area contributed by atoms with Crippen LogP contribution < -0.4 is 5.32 Å². The molecule has 1 aliphatic carbocycles. The summed E-state index contributed by atoms with van der Waals surface area (Å²) in [4.78, 5) is 0. The number of rotatable bonds is 11. The van der Waals surface area contributed by atoms with Crippen LogP contribution in [0.15, 0.2) is 0 Å². The summed E-state index contributed by atoms with van der Waals surface area (Å²) in [6.07, 6.45) is 4.19. The van der Waals surface area contributed by atoms with Crippen LogP contribution in [0.3, 0.4) is 0 Å². The molecule has 1 fully saturated rings. The van der Waals surface area contributed by atoms with E-state index >= 15 is 0 Å². The third-order valence-corrected chi connectivity index (χ3v) is 5.55. The van der Waals surface area contributed by atoms with Gasteiger partial charge in [0.2, 0.25) is 10.0 Å². The van der Waals surface area contributed by atoms with E-state index in [0.29, 0.717) is 19.2 Å². The van der Waals surface area contributed by atoms with Crippen LogP contribution in [0, 0.1) is 0 Å². The Kier molecular flexibility index (Phi) is 7.28. The van der Waals surface area contributed by atoms with Crippen molar-refractivity contribution in [2.45, 2.75) is 51.6 Å². The van der Waals surface area contributed by atoms with E-state index in [1.54, 1.807) is 11.4 Å². The maximum atomic E-state index is 12.2. The molecule has 0 radical (unpaired) electrons. The van der Waals surface area contributed by atoms with Gasteiger partial charge in [-0.3, -0.25) is 0 Å². The number of hydrogen-bond acceptors (Lipinski definition) is 4. The van der Waals surface area contributed by atoms with Crippen LogP contribution >= 0.6 is 0 Å². The van der Waals surface area contributed by atoms with E-state index in [1.807, 2.05) is 13.8 Å². The molecule has 0 spiro atoms. The maximum Gasteiger partial charge on any atom is 0.214 e. The van der Waals surface area contributed by atoms with E-state index in [4.69, 9.17) is 4.74 Å². The molecule has 0 amide bonds. The minimum absolute atomic E-state index is 0.0930. The van der Waals surface area contributed by atoms with E-state index in [1.165, 1.54) is 12.8 Å². The maximum absolute atomic E-state index is 12.2. The molecule has 6 heteroatoms. The summed E-state index contributed by atoms with van der Waals surface area (Å²) < 4.78 is 31.1. The first-order valence-electron chi connectivity index (χ1n) is 7.23. The molecular weight excluding hydrogens is 264 g/mol. The van der Waals surface area contributed by atoms with Crippen molar-refractivity contribution in [3.63, 3.8) is 0 Å². The fraction of sp³-hybridized carbons (Fsp3) is 1.00. The van der Waals surface area contributed by atoms with Crippen molar-refractivity contribution in [1.82, 2.24) is 9.62 Å². The van der Waals surface area contributed by atoms with Gasteiger partial charge in [0, 0.05) is 25.7 Å².